The molecule has 0 atom stereocenters. The minimum atomic E-state index is 0.353. The van der Waals surface area contributed by atoms with E-state index in [-0.39, 0.29) is 0 Å². The molecule has 0 aliphatic rings. The Bertz CT molecular complexity index is 194. The first-order chi connectivity index (χ1) is 3.84. The van der Waals surface area contributed by atoms with Crippen molar-refractivity contribution in [2.45, 2.75) is 0 Å². The number of aromatic nitrogens is 1. The van der Waals surface area contributed by atoms with Gasteiger partial charge in [-0.25, -0.2) is 0 Å². The number of rotatable bonds is 1. The third-order valence-electron chi connectivity index (χ3n) is 0.806. The van der Waals surface area contributed by atoms with Crippen molar-refractivity contribution in [3.8, 4) is 0 Å². The molecule has 0 aliphatic carbocycles. The van der Waals surface area contributed by atoms with Gasteiger partial charge < -0.3 is 0 Å². The van der Waals surface area contributed by atoms with Crippen LogP contribution in [0.1, 0.15) is 5.69 Å². The first-order valence-electron chi connectivity index (χ1n) is 2.06. The topological polar surface area (TPSA) is 22.0 Å². The monoisotopic (exact) mass is 128 g/mol. The highest BCUT2D eigenvalue weighted by atomic mass is 35.5. The number of nitrogens with zero attached hydrogens (tertiary/aromatic N) is 1. The van der Waals surface area contributed by atoms with Crippen molar-refractivity contribution < 1.29 is 4.79 Å². The molecular weight excluding hydrogens is 126 g/mol. The minimum Gasteiger partial charge on any atom is -0.283 e. The first-order valence-corrected chi connectivity index (χ1v) is 2.40. The van der Waals surface area contributed by atoms with Gasteiger partial charge in [0.25, 0.3) is 6.29 Å². The summed E-state index contributed by atoms with van der Waals surface area (Å²) in [6.45, 7) is 0. The number of hydrogen-bond donors (Lipinski definition) is 0. The lowest BCUT2D eigenvalue weighted by atomic mass is 10.5. The van der Waals surface area contributed by atoms with Gasteiger partial charge in [-0.1, -0.05) is 0 Å². The van der Waals surface area contributed by atoms with Crippen molar-refractivity contribution in [3.05, 3.63) is 24.0 Å². The lowest BCUT2D eigenvalue weighted by molar-refractivity contribution is 0.561. The second kappa shape index (κ2) is 2.01. The van der Waals surface area contributed by atoms with Crippen molar-refractivity contribution in [3.63, 3.8) is 0 Å². The summed E-state index contributed by atoms with van der Waals surface area (Å²) in [7, 11) is 0. The highest BCUT2D eigenvalue weighted by Crippen LogP contribution is 1.98. The normalized spacial score (nSPS) is 9.12. The van der Waals surface area contributed by atoms with Crippen molar-refractivity contribution >= 4 is 18.1 Å². The van der Waals surface area contributed by atoms with Gasteiger partial charge in [-0.3, -0.25) is 8.88 Å². The van der Waals surface area contributed by atoms with E-state index in [0.29, 0.717) is 5.69 Å². The largest absolute Gasteiger partial charge is 0.283 e. The number of hydrogen-bond acceptors (Lipinski definition) is 1. The minimum absolute atomic E-state index is 0.353. The lowest BCUT2D eigenvalue weighted by Gasteiger charge is -1.83. The molecule has 3 heteroatoms. The SMILES string of the molecule is O=[C]c1cccn1Cl. The Morgan fingerprint density at radius 2 is 2.50 bits per heavy atom. The molecule has 2 nitrogen and oxygen atoms in total. The average Bonchev–Trinajstić information content (AvgIpc) is 2.14. The molecule has 0 aromatic carbocycles. The van der Waals surface area contributed by atoms with E-state index in [9.17, 15) is 4.79 Å². The zero-order chi connectivity index (χ0) is 5.98. The molecule has 1 rings (SSSR count). The molecule has 0 unspecified atom stereocenters. The summed E-state index contributed by atoms with van der Waals surface area (Å²) >= 11 is 5.39. The van der Waals surface area contributed by atoms with E-state index >= 15 is 0 Å². The van der Waals surface area contributed by atoms with Crippen LogP contribution in [0, 0.1) is 0 Å². The predicted octanol–water partition coefficient (Wildman–Crippen LogP) is 0.948. The maximum Gasteiger partial charge on any atom is 0.252 e. The molecule has 1 aromatic heterocycles. The van der Waals surface area contributed by atoms with Crippen LogP contribution in [0.25, 0.3) is 0 Å². The van der Waals surface area contributed by atoms with Crippen LogP contribution >= 0.6 is 11.8 Å². The first kappa shape index (κ1) is 5.38. The Morgan fingerprint density at radius 1 is 1.75 bits per heavy atom. The molecule has 0 bridgehead atoms. The third kappa shape index (κ3) is 0.746. The van der Waals surface area contributed by atoms with Gasteiger partial charge in [0.2, 0.25) is 0 Å². The third-order valence-corrected chi connectivity index (χ3v) is 1.10. The predicted molar refractivity (Wildman–Crippen MR) is 30.5 cm³/mol. The zero-order valence-electron chi connectivity index (χ0n) is 3.97. The summed E-state index contributed by atoms with van der Waals surface area (Å²) in [5.41, 5.74) is 0.353. The fraction of sp³-hybridized carbons (Fsp3) is 0. The Labute approximate surface area is 51.8 Å². The maximum atomic E-state index is 9.86. The van der Waals surface area contributed by atoms with E-state index in [0.717, 1.165) is 0 Å². The molecule has 0 amide bonds. The smallest absolute Gasteiger partial charge is 0.252 e. The summed E-state index contributed by atoms with van der Waals surface area (Å²) < 4.78 is 1.19. The van der Waals surface area contributed by atoms with Gasteiger partial charge in [0, 0.05) is 18.0 Å². The lowest BCUT2D eigenvalue weighted by Crippen LogP contribution is -1.84. The summed E-state index contributed by atoms with van der Waals surface area (Å²) in [6.07, 6.45) is 3.23. The molecule has 41 valence electrons. The van der Waals surface area contributed by atoms with E-state index in [1.54, 1.807) is 24.6 Å². The molecule has 8 heavy (non-hydrogen) atoms. The quantitative estimate of drug-likeness (QED) is 0.552. The molecule has 0 N–H and O–H groups in total. The van der Waals surface area contributed by atoms with Gasteiger partial charge in [-0.15, -0.1) is 0 Å². The molecular formula is C5H3ClNO. The van der Waals surface area contributed by atoms with Gasteiger partial charge in [-0.2, -0.15) is 0 Å². The fourth-order valence-electron chi connectivity index (χ4n) is 0.439. The van der Waals surface area contributed by atoms with Crippen LogP contribution in [0.3, 0.4) is 0 Å². The van der Waals surface area contributed by atoms with E-state index in [4.69, 9.17) is 11.8 Å². The van der Waals surface area contributed by atoms with Crippen LogP contribution < -0.4 is 0 Å². The van der Waals surface area contributed by atoms with Crippen LogP contribution in [0.2, 0.25) is 0 Å². The average molecular weight is 129 g/mol. The molecule has 1 radical (unpaired) electrons. The summed E-state index contributed by atoms with van der Waals surface area (Å²) in [4.78, 5) is 9.86. The van der Waals surface area contributed by atoms with Crippen LogP contribution in [0.5, 0.6) is 0 Å². The molecule has 1 aromatic rings. The second-order valence-electron chi connectivity index (χ2n) is 1.31. The number of carbonyl (C=O) groups excluding carboxylic acids is 1. The maximum absolute atomic E-state index is 9.86. The van der Waals surface area contributed by atoms with Crippen molar-refractivity contribution in [1.82, 2.24) is 4.09 Å². The van der Waals surface area contributed by atoms with Gasteiger partial charge in [0.15, 0.2) is 0 Å². The van der Waals surface area contributed by atoms with Crippen molar-refractivity contribution in [1.29, 1.82) is 0 Å². The summed E-state index contributed by atoms with van der Waals surface area (Å²) in [6, 6.07) is 3.26. The van der Waals surface area contributed by atoms with E-state index in [1.165, 1.54) is 4.09 Å². The van der Waals surface area contributed by atoms with Gasteiger partial charge in [0.1, 0.15) is 5.69 Å². The summed E-state index contributed by atoms with van der Waals surface area (Å²) in [5.74, 6) is 0. The van der Waals surface area contributed by atoms with E-state index < -0.39 is 0 Å². The van der Waals surface area contributed by atoms with Crippen LogP contribution in [0.4, 0.5) is 0 Å². The Hall–Kier alpha value is -0.760. The molecule has 0 fully saturated rings. The Morgan fingerprint density at radius 3 is 2.75 bits per heavy atom. The molecule has 0 saturated carbocycles. The zero-order valence-corrected chi connectivity index (χ0v) is 4.72. The van der Waals surface area contributed by atoms with E-state index in [2.05, 4.69) is 0 Å². The van der Waals surface area contributed by atoms with Crippen LogP contribution in [-0.4, -0.2) is 10.4 Å². The fourth-order valence-corrected chi connectivity index (χ4v) is 0.595. The van der Waals surface area contributed by atoms with Crippen LogP contribution in [0.15, 0.2) is 18.3 Å². The highest BCUT2D eigenvalue weighted by Gasteiger charge is 1.93. The van der Waals surface area contributed by atoms with Crippen LogP contribution in [-0.2, 0) is 4.79 Å². The number of halogens is 1. The molecule has 1 heterocycles. The second-order valence-corrected chi connectivity index (χ2v) is 1.67. The molecule has 0 saturated heterocycles. The van der Waals surface area contributed by atoms with Crippen molar-refractivity contribution in [2.24, 2.45) is 0 Å². The van der Waals surface area contributed by atoms with E-state index in [1.807, 2.05) is 0 Å². The van der Waals surface area contributed by atoms with Gasteiger partial charge >= 0.3 is 0 Å². The van der Waals surface area contributed by atoms with Gasteiger partial charge in [-0.05, 0) is 12.1 Å². The Balaban J connectivity index is 3.09. The van der Waals surface area contributed by atoms with Gasteiger partial charge in [0.05, 0.1) is 0 Å². The summed E-state index contributed by atoms with van der Waals surface area (Å²) in [5, 5.41) is 0. The molecule has 0 aliphatic heterocycles. The highest BCUT2D eigenvalue weighted by molar-refractivity contribution is 6.17. The van der Waals surface area contributed by atoms with Crippen molar-refractivity contribution in [2.75, 3.05) is 0 Å². The Kier molecular flexibility index (Phi) is 1.35. The standard InChI is InChI=1S/C5H3ClNO/c6-7-3-1-2-5(7)4-8/h1-3H. The molecule has 0 spiro atoms.